The first-order valence-corrected chi connectivity index (χ1v) is 6.15. The molecule has 20 heavy (non-hydrogen) atoms. The van der Waals surface area contributed by atoms with Crippen LogP contribution in [0.2, 0.25) is 5.15 Å². The second-order valence-corrected chi connectivity index (χ2v) is 4.84. The summed E-state index contributed by atoms with van der Waals surface area (Å²) in [6, 6.07) is 0. The molecule has 10 heteroatoms. The van der Waals surface area contributed by atoms with E-state index < -0.39 is 24.5 Å². The van der Waals surface area contributed by atoms with Gasteiger partial charge in [0.25, 0.3) is 0 Å². The fourth-order valence-corrected chi connectivity index (χ4v) is 2.51. The fourth-order valence-electron chi connectivity index (χ4n) is 2.29. The van der Waals surface area contributed by atoms with E-state index >= 15 is 0 Å². The largest absolute Gasteiger partial charge is 0.391 e. The number of hydrogen-bond donors (Lipinski definition) is 4. The SMILES string of the molecule is Nc1nc(Cl)c2ncn([C@@]3(CO)OC[C@H](O)[C@@H]3O)c2n1. The van der Waals surface area contributed by atoms with E-state index in [9.17, 15) is 15.3 Å². The Balaban J connectivity index is 2.23. The van der Waals surface area contributed by atoms with Gasteiger partial charge in [0, 0.05) is 0 Å². The number of aromatic nitrogens is 4. The number of aliphatic hydroxyl groups excluding tert-OH is 3. The first kappa shape index (κ1) is 13.5. The molecule has 0 amide bonds. The maximum atomic E-state index is 10.1. The number of hydrogen-bond acceptors (Lipinski definition) is 8. The molecule has 2 aromatic heterocycles. The van der Waals surface area contributed by atoms with Crippen LogP contribution in [0.1, 0.15) is 0 Å². The van der Waals surface area contributed by atoms with Gasteiger partial charge in [-0.1, -0.05) is 11.6 Å². The van der Waals surface area contributed by atoms with Crippen molar-refractivity contribution in [2.24, 2.45) is 0 Å². The van der Waals surface area contributed by atoms with Crippen LogP contribution in [0.4, 0.5) is 5.95 Å². The Morgan fingerprint density at radius 2 is 2.25 bits per heavy atom. The molecule has 5 N–H and O–H groups in total. The lowest BCUT2D eigenvalue weighted by molar-refractivity contribution is -0.149. The third-order valence-corrected chi connectivity index (χ3v) is 3.60. The highest BCUT2D eigenvalue weighted by Crippen LogP contribution is 2.34. The van der Waals surface area contributed by atoms with Crippen molar-refractivity contribution < 1.29 is 20.1 Å². The molecule has 0 radical (unpaired) electrons. The molecule has 1 fully saturated rings. The average molecular weight is 302 g/mol. The van der Waals surface area contributed by atoms with Crippen LogP contribution in [0.25, 0.3) is 11.2 Å². The van der Waals surface area contributed by atoms with Crippen molar-refractivity contribution in [3.05, 3.63) is 11.5 Å². The first-order chi connectivity index (χ1) is 9.49. The average Bonchev–Trinajstić information content (AvgIpc) is 2.94. The molecule has 1 aliphatic heterocycles. The number of rotatable bonds is 2. The molecular weight excluding hydrogens is 290 g/mol. The topological polar surface area (TPSA) is 140 Å². The molecule has 0 aromatic carbocycles. The number of imidazole rings is 1. The summed E-state index contributed by atoms with van der Waals surface area (Å²) < 4.78 is 6.67. The van der Waals surface area contributed by atoms with Crippen molar-refractivity contribution in [1.82, 2.24) is 19.5 Å². The van der Waals surface area contributed by atoms with E-state index in [1.807, 2.05) is 0 Å². The van der Waals surface area contributed by atoms with Gasteiger partial charge in [0.15, 0.2) is 16.5 Å². The molecule has 0 bridgehead atoms. The van der Waals surface area contributed by atoms with Gasteiger partial charge >= 0.3 is 0 Å². The number of nitrogens with zero attached hydrogens (tertiary/aromatic N) is 4. The first-order valence-electron chi connectivity index (χ1n) is 5.77. The number of aliphatic hydroxyl groups is 3. The van der Waals surface area contributed by atoms with Crippen LogP contribution in [0, 0.1) is 0 Å². The molecule has 0 saturated carbocycles. The number of halogens is 1. The number of nitrogens with two attached hydrogens (primary N) is 1. The molecule has 3 heterocycles. The van der Waals surface area contributed by atoms with E-state index in [-0.39, 0.29) is 28.9 Å². The van der Waals surface area contributed by atoms with Crippen LogP contribution in [0.5, 0.6) is 0 Å². The molecule has 0 unspecified atom stereocenters. The van der Waals surface area contributed by atoms with Crippen LogP contribution in [0.15, 0.2) is 6.33 Å². The van der Waals surface area contributed by atoms with Gasteiger partial charge in [-0.25, -0.2) is 4.98 Å². The molecule has 9 nitrogen and oxygen atoms in total. The van der Waals surface area contributed by atoms with Crippen molar-refractivity contribution >= 4 is 28.7 Å². The summed E-state index contributed by atoms with van der Waals surface area (Å²) in [5, 5.41) is 29.4. The minimum atomic E-state index is -1.59. The highest BCUT2D eigenvalue weighted by molar-refractivity contribution is 6.33. The van der Waals surface area contributed by atoms with Crippen LogP contribution < -0.4 is 5.73 Å². The van der Waals surface area contributed by atoms with E-state index in [1.165, 1.54) is 10.9 Å². The van der Waals surface area contributed by atoms with Crippen molar-refractivity contribution in [3.8, 4) is 0 Å². The van der Waals surface area contributed by atoms with E-state index in [0.29, 0.717) is 0 Å². The van der Waals surface area contributed by atoms with E-state index in [4.69, 9.17) is 22.1 Å². The Labute approximate surface area is 117 Å². The summed E-state index contributed by atoms with van der Waals surface area (Å²) in [5.74, 6) is -0.0784. The van der Waals surface area contributed by atoms with Gasteiger partial charge in [0.1, 0.15) is 17.7 Å². The molecule has 2 aromatic rings. The van der Waals surface area contributed by atoms with Crippen molar-refractivity contribution in [1.29, 1.82) is 0 Å². The zero-order valence-electron chi connectivity index (χ0n) is 10.1. The van der Waals surface area contributed by atoms with Crippen molar-refractivity contribution in [2.45, 2.75) is 17.9 Å². The third kappa shape index (κ3) is 1.68. The Kier molecular flexibility index (Phi) is 3.03. The number of nitrogen functional groups attached to an aromatic ring is 1. The Morgan fingerprint density at radius 1 is 1.50 bits per heavy atom. The van der Waals surface area contributed by atoms with Gasteiger partial charge in [-0.15, -0.1) is 0 Å². The molecule has 0 aliphatic carbocycles. The van der Waals surface area contributed by atoms with Crippen LogP contribution in [0.3, 0.4) is 0 Å². The third-order valence-electron chi connectivity index (χ3n) is 3.34. The Bertz CT molecular complexity index is 664. The molecule has 1 saturated heterocycles. The second kappa shape index (κ2) is 4.50. The summed E-state index contributed by atoms with van der Waals surface area (Å²) in [6.45, 7) is -0.714. The molecule has 3 rings (SSSR count). The summed E-state index contributed by atoms with van der Waals surface area (Å²) in [7, 11) is 0. The van der Waals surface area contributed by atoms with Gasteiger partial charge in [-0.3, -0.25) is 4.57 Å². The lowest BCUT2D eigenvalue weighted by atomic mass is 10.1. The number of fused-ring (bicyclic) bond motifs is 1. The van der Waals surface area contributed by atoms with E-state index in [2.05, 4.69) is 15.0 Å². The van der Waals surface area contributed by atoms with Gasteiger partial charge in [0.2, 0.25) is 5.95 Å². The highest BCUT2D eigenvalue weighted by atomic mass is 35.5. The quantitative estimate of drug-likeness (QED) is 0.489. The smallest absolute Gasteiger partial charge is 0.223 e. The zero-order chi connectivity index (χ0) is 14.5. The molecule has 1 aliphatic rings. The van der Waals surface area contributed by atoms with E-state index in [1.54, 1.807) is 0 Å². The lowest BCUT2D eigenvalue weighted by Gasteiger charge is -2.31. The van der Waals surface area contributed by atoms with Crippen LogP contribution >= 0.6 is 11.6 Å². The number of anilines is 1. The maximum absolute atomic E-state index is 10.1. The normalized spacial score (nSPS) is 30.2. The minimum absolute atomic E-state index is 0.0485. The Morgan fingerprint density at radius 3 is 2.85 bits per heavy atom. The number of ether oxygens (including phenoxy) is 1. The van der Waals surface area contributed by atoms with Crippen molar-refractivity contribution in [3.63, 3.8) is 0 Å². The molecule has 0 spiro atoms. The van der Waals surface area contributed by atoms with E-state index in [0.717, 1.165) is 0 Å². The monoisotopic (exact) mass is 301 g/mol. The minimum Gasteiger partial charge on any atom is -0.391 e. The zero-order valence-corrected chi connectivity index (χ0v) is 10.9. The highest BCUT2D eigenvalue weighted by Gasteiger charge is 2.51. The molecule has 108 valence electrons. The van der Waals surface area contributed by atoms with Crippen molar-refractivity contribution in [2.75, 3.05) is 18.9 Å². The summed E-state index contributed by atoms with van der Waals surface area (Å²) in [5.41, 5.74) is 4.40. The van der Waals surface area contributed by atoms with Gasteiger partial charge < -0.3 is 25.8 Å². The molecular formula is C10H12ClN5O4. The predicted octanol–water partition coefficient (Wildman–Crippen LogP) is -1.54. The lowest BCUT2D eigenvalue weighted by Crippen LogP contribution is -2.48. The van der Waals surface area contributed by atoms with Crippen LogP contribution in [-0.2, 0) is 10.5 Å². The van der Waals surface area contributed by atoms with Gasteiger partial charge in [-0.2, -0.15) is 9.97 Å². The Hall–Kier alpha value is -1.52. The predicted molar refractivity (Wildman–Crippen MR) is 67.8 cm³/mol. The summed E-state index contributed by atoms with van der Waals surface area (Å²) in [6.07, 6.45) is -1.18. The maximum Gasteiger partial charge on any atom is 0.223 e. The summed E-state index contributed by atoms with van der Waals surface area (Å²) >= 11 is 5.91. The van der Waals surface area contributed by atoms with Gasteiger partial charge in [-0.05, 0) is 0 Å². The van der Waals surface area contributed by atoms with Crippen LogP contribution in [-0.4, -0.2) is 60.3 Å². The molecule has 3 atom stereocenters. The second-order valence-electron chi connectivity index (χ2n) is 4.49. The summed E-state index contributed by atoms with van der Waals surface area (Å²) in [4.78, 5) is 11.8. The standard InChI is InChI=1S/C10H12ClN5O4/c11-7-5-8(15-9(12)14-7)16(3-13-5)10(2-17)6(19)4(18)1-20-10/h3-4,6,17-19H,1-2H2,(H2,12,14,15)/t4-,6-,10-/m0/s1. The fraction of sp³-hybridized carbons (Fsp3) is 0.500. The van der Waals surface area contributed by atoms with Gasteiger partial charge in [0.05, 0.1) is 19.5 Å².